The third-order valence-corrected chi connectivity index (χ3v) is 5.28. The molecule has 1 heterocycles. The summed E-state index contributed by atoms with van der Waals surface area (Å²) >= 11 is 0. The highest BCUT2D eigenvalue weighted by Crippen LogP contribution is 2.38. The van der Waals surface area contributed by atoms with E-state index < -0.39 is 0 Å². The summed E-state index contributed by atoms with van der Waals surface area (Å²) in [6, 6.07) is 0. The third-order valence-electron chi connectivity index (χ3n) is 5.28. The fourth-order valence-electron chi connectivity index (χ4n) is 3.52. The van der Waals surface area contributed by atoms with E-state index in [1.165, 1.54) is 19.3 Å². The zero-order valence-corrected chi connectivity index (χ0v) is 12.0. The Morgan fingerprint density at radius 1 is 1.22 bits per heavy atom. The first-order valence-corrected chi connectivity index (χ1v) is 7.58. The average molecular weight is 252 g/mol. The van der Waals surface area contributed by atoms with Crippen LogP contribution in [0, 0.1) is 17.3 Å². The number of hydrogen-bond donors (Lipinski definition) is 1. The van der Waals surface area contributed by atoms with Crippen LogP contribution in [-0.2, 0) is 4.79 Å². The topological polar surface area (TPSA) is 46.3 Å². The molecule has 2 rings (SSSR count). The number of rotatable bonds is 2. The fraction of sp³-hybridized carbons (Fsp3) is 0.933. The average Bonchev–Trinajstić information content (AvgIpc) is 2.42. The van der Waals surface area contributed by atoms with Crippen molar-refractivity contribution in [3.8, 4) is 0 Å². The van der Waals surface area contributed by atoms with E-state index in [0.717, 1.165) is 38.3 Å². The van der Waals surface area contributed by atoms with E-state index in [2.05, 4.69) is 18.7 Å². The van der Waals surface area contributed by atoms with Crippen LogP contribution in [0.1, 0.15) is 52.4 Å². The first-order valence-electron chi connectivity index (χ1n) is 7.58. The lowest BCUT2D eigenvalue weighted by Crippen LogP contribution is -2.52. The lowest BCUT2D eigenvalue weighted by Gasteiger charge is -2.43. The minimum Gasteiger partial charge on any atom is -0.342 e. The van der Waals surface area contributed by atoms with Crippen molar-refractivity contribution in [3.05, 3.63) is 0 Å². The van der Waals surface area contributed by atoms with Gasteiger partial charge in [-0.3, -0.25) is 4.79 Å². The van der Waals surface area contributed by atoms with Crippen LogP contribution < -0.4 is 5.73 Å². The van der Waals surface area contributed by atoms with Crippen molar-refractivity contribution in [1.29, 1.82) is 0 Å². The molecule has 2 N–H and O–H groups in total. The lowest BCUT2D eigenvalue weighted by atomic mass is 9.72. The molecule has 1 amide bonds. The number of carbonyl (C=O) groups is 1. The second-order valence-corrected chi connectivity index (χ2v) is 6.54. The molecule has 1 aliphatic heterocycles. The normalized spacial score (nSPS) is 32.3. The Hall–Kier alpha value is -0.570. The van der Waals surface area contributed by atoms with Gasteiger partial charge in [0.2, 0.25) is 5.91 Å². The fourth-order valence-corrected chi connectivity index (χ4v) is 3.52. The number of nitrogens with zero attached hydrogens (tertiary/aromatic N) is 1. The number of hydrogen-bond acceptors (Lipinski definition) is 2. The van der Waals surface area contributed by atoms with E-state index in [1.54, 1.807) is 0 Å². The molecule has 0 aromatic heterocycles. The van der Waals surface area contributed by atoms with E-state index in [9.17, 15) is 4.79 Å². The highest BCUT2D eigenvalue weighted by molar-refractivity contribution is 5.83. The molecule has 2 unspecified atom stereocenters. The van der Waals surface area contributed by atoms with Crippen LogP contribution >= 0.6 is 0 Å². The molecule has 2 fully saturated rings. The van der Waals surface area contributed by atoms with Gasteiger partial charge in [-0.2, -0.15) is 0 Å². The number of amides is 1. The van der Waals surface area contributed by atoms with Crippen LogP contribution in [0.4, 0.5) is 0 Å². The van der Waals surface area contributed by atoms with E-state index in [-0.39, 0.29) is 5.41 Å². The van der Waals surface area contributed by atoms with Crippen LogP contribution in [0.3, 0.4) is 0 Å². The molecule has 1 saturated carbocycles. The Balaban J connectivity index is 2.05. The van der Waals surface area contributed by atoms with Crippen molar-refractivity contribution in [1.82, 2.24) is 4.90 Å². The lowest BCUT2D eigenvalue weighted by molar-refractivity contribution is -0.146. The summed E-state index contributed by atoms with van der Waals surface area (Å²) in [4.78, 5) is 14.9. The number of piperidine rings is 1. The molecular formula is C15H28N2O. The minimum atomic E-state index is -0.224. The van der Waals surface area contributed by atoms with Gasteiger partial charge in [-0.1, -0.05) is 33.1 Å². The molecule has 0 aromatic carbocycles. The summed E-state index contributed by atoms with van der Waals surface area (Å²) < 4.78 is 0. The van der Waals surface area contributed by atoms with Crippen molar-refractivity contribution >= 4 is 5.91 Å². The maximum Gasteiger partial charge on any atom is 0.230 e. The van der Waals surface area contributed by atoms with Crippen LogP contribution in [0.5, 0.6) is 0 Å². The van der Waals surface area contributed by atoms with Gasteiger partial charge in [0, 0.05) is 19.6 Å². The standard InChI is InChI=1S/C15H28N2O/c1-12-6-9-17(10-13(12)2)14(18)15(11-16)7-4-3-5-8-15/h12-13H,3-11,16H2,1-2H3. The summed E-state index contributed by atoms with van der Waals surface area (Å²) in [5.74, 6) is 1.72. The van der Waals surface area contributed by atoms with Crippen LogP contribution in [0.2, 0.25) is 0 Å². The molecule has 0 spiro atoms. The van der Waals surface area contributed by atoms with Crippen molar-refractivity contribution in [2.45, 2.75) is 52.4 Å². The highest BCUT2D eigenvalue weighted by Gasteiger charge is 2.42. The Morgan fingerprint density at radius 3 is 2.44 bits per heavy atom. The van der Waals surface area contributed by atoms with Gasteiger partial charge in [0.15, 0.2) is 0 Å². The van der Waals surface area contributed by atoms with Gasteiger partial charge in [0.25, 0.3) is 0 Å². The third kappa shape index (κ3) is 2.56. The molecule has 104 valence electrons. The molecule has 2 atom stereocenters. The minimum absolute atomic E-state index is 0.224. The summed E-state index contributed by atoms with van der Waals surface area (Å²) in [6.07, 6.45) is 6.76. The molecule has 1 saturated heterocycles. The van der Waals surface area contributed by atoms with Crippen molar-refractivity contribution in [3.63, 3.8) is 0 Å². The summed E-state index contributed by atoms with van der Waals surface area (Å²) in [5.41, 5.74) is 5.74. The maximum absolute atomic E-state index is 12.8. The van der Waals surface area contributed by atoms with Gasteiger partial charge in [-0.25, -0.2) is 0 Å². The molecule has 2 aliphatic rings. The van der Waals surface area contributed by atoms with Gasteiger partial charge in [-0.05, 0) is 31.1 Å². The molecule has 0 bridgehead atoms. The predicted octanol–water partition coefficient (Wildman–Crippen LogP) is 2.40. The van der Waals surface area contributed by atoms with E-state index >= 15 is 0 Å². The Morgan fingerprint density at radius 2 is 1.89 bits per heavy atom. The molecule has 3 heteroatoms. The molecule has 0 aromatic rings. The van der Waals surface area contributed by atoms with Gasteiger partial charge in [0.1, 0.15) is 0 Å². The van der Waals surface area contributed by atoms with Crippen LogP contribution in [-0.4, -0.2) is 30.4 Å². The quantitative estimate of drug-likeness (QED) is 0.820. The summed E-state index contributed by atoms with van der Waals surface area (Å²) in [7, 11) is 0. The molecule has 18 heavy (non-hydrogen) atoms. The highest BCUT2D eigenvalue weighted by atomic mass is 16.2. The SMILES string of the molecule is CC1CCN(C(=O)C2(CN)CCCCC2)CC1C. The van der Waals surface area contributed by atoms with Crippen LogP contribution in [0.25, 0.3) is 0 Å². The number of nitrogens with two attached hydrogens (primary N) is 1. The number of carbonyl (C=O) groups excluding carboxylic acids is 1. The van der Waals surface area contributed by atoms with Gasteiger partial charge >= 0.3 is 0 Å². The first kappa shape index (κ1) is 13.9. The zero-order valence-electron chi connectivity index (χ0n) is 12.0. The largest absolute Gasteiger partial charge is 0.342 e. The first-order chi connectivity index (χ1) is 8.59. The van der Waals surface area contributed by atoms with Gasteiger partial charge in [-0.15, -0.1) is 0 Å². The summed E-state index contributed by atoms with van der Waals surface area (Å²) in [6.45, 7) is 6.96. The van der Waals surface area contributed by atoms with E-state index in [1.807, 2.05) is 0 Å². The Labute approximate surface area is 111 Å². The maximum atomic E-state index is 12.8. The Kier molecular flexibility index (Phi) is 4.31. The summed E-state index contributed by atoms with van der Waals surface area (Å²) in [5, 5.41) is 0. The molecule has 1 aliphatic carbocycles. The van der Waals surface area contributed by atoms with E-state index in [0.29, 0.717) is 18.4 Å². The smallest absolute Gasteiger partial charge is 0.230 e. The van der Waals surface area contributed by atoms with Gasteiger partial charge in [0.05, 0.1) is 5.41 Å². The number of likely N-dealkylation sites (tertiary alicyclic amines) is 1. The zero-order chi connectivity index (χ0) is 13.2. The monoisotopic (exact) mass is 252 g/mol. The second-order valence-electron chi connectivity index (χ2n) is 6.54. The van der Waals surface area contributed by atoms with Crippen molar-refractivity contribution in [2.24, 2.45) is 23.0 Å². The van der Waals surface area contributed by atoms with E-state index in [4.69, 9.17) is 5.73 Å². The van der Waals surface area contributed by atoms with Gasteiger partial charge < -0.3 is 10.6 Å². The second kappa shape index (κ2) is 5.60. The van der Waals surface area contributed by atoms with Crippen molar-refractivity contribution in [2.75, 3.05) is 19.6 Å². The molecular weight excluding hydrogens is 224 g/mol. The predicted molar refractivity (Wildman–Crippen MR) is 74.1 cm³/mol. The molecule has 3 nitrogen and oxygen atoms in total. The molecule has 0 radical (unpaired) electrons. The van der Waals surface area contributed by atoms with Crippen LogP contribution in [0.15, 0.2) is 0 Å². The Bertz CT molecular complexity index is 297. The van der Waals surface area contributed by atoms with Crippen molar-refractivity contribution < 1.29 is 4.79 Å².